The molecular weight excluding hydrogens is 494 g/mol. The Morgan fingerprint density at radius 2 is 1.73 bits per heavy atom. The van der Waals surface area contributed by atoms with Crippen molar-refractivity contribution in [3.05, 3.63) is 105 Å². The number of amides is 2. The summed E-state index contributed by atoms with van der Waals surface area (Å²) in [7, 11) is 0. The first-order valence-corrected chi connectivity index (χ1v) is 13.0. The van der Waals surface area contributed by atoms with Gasteiger partial charge in [0.15, 0.2) is 0 Å². The average Bonchev–Trinajstić information content (AvgIpc) is 3.43. The number of hydrogen-bond acceptors (Lipinski definition) is 2. The minimum Gasteiger partial charge on any atom is -0.310 e. The zero-order chi connectivity index (χ0) is 22.4. The van der Waals surface area contributed by atoms with Crippen molar-refractivity contribution in [2.24, 2.45) is 0 Å². The molecule has 6 rings (SSSR count). The van der Waals surface area contributed by atoms with Crippen LogP contribution >= 0.6 is 27.3 Å². The Morgan fingerprint density at radius 3 is 2.55 bits per heavy atom. The second-order valence-electron chi connectivity index (χ2n) is 8.68. The molecule has 2 amide bonds. The van der Waals surface area contributed by atoms with Crippen molar-refractivity contribution in [2.75, 3.05) is 5.32 Å². The highest BCUT2D eigenvalue weighted by molar-refractivity contribution is 9.10. The van der Waals surface area contributed by atoms with Gasteiger partial charge in [-0.2, -0.15) is 0 Å². The zero-order valence-electron chi connectivity index (χ0n) is 18.1. The van der Waals surface area contributed by atoms with Crippen molar-refractivity contribution in [1.29, 1.82) is 0 Å². The molecule has 1 N–H and O–H groups in total. The molecule has 166 valence electrons. The second-order valence-corrected chi connectivity index (χ2v) is 10.7. The molecule has 2 aromatic carbocycles. The number of urea groups is 1. The highest BCUT2D eigenvalue weighted by Gasteiger charge is 2.36. The average molecular weight is 518 g/mol. The van der Waals surface area contributed by atoms with Crippen LogP contribution in [0.2, 0.25) is 0 Å². The summed E-state index contributed by atoms with van der Waals surface area (Å²) in [6, 6.07) is 22.1. The van der Waals surface area contributed by atoms with Crippen LogP contribution in [0.15, 0.2) is 77.4 Å². The normalized spacial score (nSPS) is 17.0. The third-order valence-corrected chi connectivity index (χ3v) is 8.51. The largest absolute Gasteiger partial charge is 0.322 e. The number of rotatable bonds is 2. The fourth-order valence-corrected chi connectivity index (χ4v) is 6.77. The van der Waals surface area contributed by atoms with Crippen LogP contribution in [0.25, 0.3) is 5.00 Å². The Labute approximate surface area is 206 Å². The van der Waals surface area contributed by atoms with E-state index in [0.29, 0.717) is 6.54 Å². The van der Waals surface area contributed by atoms with Crippen molar-refractivity contribution in [1.82, 2.24) is 9.47 Å². The summed E-state index contributed by atoms with van der Waals surface area (Å²) in [5, 5.41) is 4.43. The van der Waals surface area contributed by atoms with Gasteiger partial charge in [-0.25, -0.2) is 4.79 Å². The van der Waals surface area contributed by atoms with Crippen LogP contribution in [0.4, 0.5) is 10.5 Å². The quantitative estimate of drug-likeness (QED) is 0.297. The Balaban J connectivity index is 1.49. The maximum Gasteiger partial charge on any atom is 0.322 e. The molecular formula is C27H24BrN3OS. The summed E-state index contributed by atoms with van der Waals surface area (Å²) < 4.78 is 3.31. The lowest BCUT2D eigenvalue weighted by molar-refractivity contribution is 0.194. The fraction of sp³-hybridized carbons (Fsp3) is 0.222. The number of carbonyl (C=O) groups is 1. The highest BCUT2D eigenvalue weighted by Crippen LogP contribution is 2.44. The van der Waals surface area contributed by atoms with Crippen molar-refractivity contribution >= 4 is 39.0 Å². The van der Waals surface area contributed by atoms with E-state index in [2.05, 4.69) is 68.4 Å². The molecule has 0 saturated carbocycles. The third kappa shape index (κ3) is 3.71. The van der Waals surface area contributed by atoms with E-state index in [1.165, 1.54) is 33.8 Å². The minimum absolute atomic E-state index is 0.0810. The molecule has 4 aromatic rings. The number of hydrogen-bond donors (Lipinski definition) is 1. The Hall–Kier alpha value is -2.83. The van der Waals surface area contributed by atoms with Gasteiger partial charge in [-0.1, -0.05) is 46.3 Å². The van der Waals surface area contributed by atoms with Gasteiger partial charge < -0.3 is 14.8 Å². The Bertz CT molecular complexity index is 1310. The monoisotopic (exact) mass is 517 g/mol. The highest BCUT2D eigenvalue weighted by atomic mass is 79.9. The number of benzene rings is 2. The van der Waals surface area contributed by atoms with Crippen LogP contribution in [0.3, 0.4) is 0 Å². The van der Waals surface area contributed by atoms with Crippen LogP contribution in [0, 0.1) is 0 Å². The molecule has 1 aliphatic carbocycles. The molecule has 2 aliphatic rings. The van der Waals surface area contributed by atoms with E-state index in [0.717, 1.165) is 34.3 Å². The Kier molecular flexibility index (Phi) is 5.35. The van der Waals surface area contributed by atoms with E-state index in [-0.39, 0.29) is 12.1 Å². The van der Waals surface area contributed by atoms with Gasteiger partial charge in [0.05, 0.1) is 18.3 Å². The number of anilines is 1. The van der Waals surface area contributed by atoms with Crippen molar-refractivity contribution < 1.29 is 4.79 Å². The molecule has 0 fully saturated rings. The van der Waals surface area contributed by atoms with E-state index >= 15 is 0 Å². The van der Waals surface area contributed by atoms with Crippen molar-refractivity contribution in [3.63, 3.8) is 0 Å². The molecule has 1 aliphatic heterocycles. The third-order valence-electron chi connectivity index (χ3n) is 6.65. The first-order valence-electron chi connectivity index (χ1n) is 11.4. The first-order chi connectivity index (χ1) is 16.2. The van der Waals surface area contributed by atoms with E-state index in [4.69, 9.17) is 0 Å². The summed E-state index contributed by atoms with van der Waals surface area (Å²) in [4.78, 5) is 17.3. The summed E-state index contributed by atoms with van der Waals surface area (Å²) in [6.07, 6.45) is 6.89. The van der Waals surface area contributed by atoms with Gasteiger partial charge in [-0.15, -0.1) is 11.3 Å². The number of carbonyl (C=O) groups excluding carboxylic acids is 1. The molecule has 1 unspecified atom stereocenters. The molecule has 1 atom stereocenters. The minimum atomic E-state index is -0.171. The molecule has 0 bridgehead atoms. The molecule has 6 heteroatoms. The number of halogens is 1. The van der Waals surface area contributed by atoms with Gasteiger partial charge in [0, 0.05) is 26.8 Å². The second kappa shape index (κ2) is 8.50. The lowest BCUT2D eigenvalue weighted by Crippen LogP contribution is -2.38. The predicted molar refractivity (Wildman–Crippen MR) is 137 cm³/mol. The molecule has 4 nitrogen and oxygen atoms in total. The van der Waals surface area contributed by atoms with Crippen LogP contribution in [0.1, 0.15) is 46.1 Å². The summed E-state index contributed by atoms with van der Waals surface area (Å²) in [5.74, 6) is 0. The smallest absolute Gasteiger partial charge is 0.310 e. The van der Waals surface area contributed by atoms with Crippen LogP contribution in [0.5, 0.6) is 0 Å². The first kappa shape index (κ1) is 20.8. The molecule has 0 radical (unpaired) electrons. The number of nitrogens with zero attached hydrogens (tertiary/aromatic N) is 2. The molecule has 2 aromatic heterocycles. The Morgan fingerprint density at radius 1 is 0.939 bits per heavy atom. The van der Waals surface area contributed by atoms with Crippen molar-refractivity contribution in [2.45, 2.75) is 38.3 Å². The zero-order valence-corrected chi connectivity index (χ0v) is 20.5. The van der Waals surface area contributed by atoms with Gasteiger partial charge in [0.25, 0.3) is 0 Å². The molecule has 0 saturated heterocycles. The number of nitrogens with one attached hydrogen (secondary N) is 1. The predicted octanol–water partition coefficient (Wildman–Crippen LogP) is 7.32. The summed E-state index contributed by atoms with van der Waals surface area (Å²) in [6.45, 7) is 0.602. The van der Waals surface area contributed by atoms with E-state index in [1.807, 2.05) is 46.6 Å². The maximum absolute atomic E-state index is 13.8. The summed E-state index contributed by atoms with van der Waals surface area (Å²) in [5.41, 5.74) is 5.83. The topological polar surface area (TPSA) is 37.3 Å². The SMILES string of the molecule is O=C(Nc1ccc(Br)cc1)N1Cc2c(sc3c2CCCC3)-n2cccc2C1c1ccccc1. The maximum atomic E-state index is 13.8. The van der Waals surface area contributed by atoms with Gasteiger partial charge in [0.2, 0.25) is 0 Å². The number of aryl methyl sites for hydroxylation is 1. The van der Waals surface area contributed by atoms with Crippen molar-refractivity contribution in [3.8, 4) is 5.00 Å². The van der Waals surface area contributed by atoms with Gasteiger partial charge in [-0.3, -0.25) is 0 Å². The van der Waals surface area contributed by atoms with E-state index < -0.39 is 0 Å². The van der Waals surface area contributed by atoms with Crippen LogP contribution < -0.4 is 5.32 Å². The molecule has 0 spiro atoms. The van der Waals surface area contributed by atoms with Gasteiger partial charge in [-0.05, 0) is 73.2 Å². The standard InChI is InChI=1S/C27H24BrN3OS/c28-19-12-14-20(15-13-19)29-27(32)31-17-22-21-9-4-5-11-24(21)33-26(22)30-16-6-10-23(30)25(31)18-7-2-1-3-8-18/h1-3,6-8,10,12-16,25H,4-5,9,11,17H2,(H,29,32). The lowest BCUT2D eigenvalue weighted by Gasteiger charge is -2.31. The van der Waals surface area contributed by atoms with E-state index in [1.54, 1.807) is 0 Å². The number of thiophene rings is 1. The van der Waals surface area contributed by atoms with Gasteiger partial charge >= 0.3 is 6.03 Å². The summed E-state index contributed by atoms with van der Waals surface area (Å²) >= 11 is 5.39. The number of aromatic nitrogens is 1. The number of fused-ring (bicyclic) bond motifs is 5. The fourth-order valence-electron chi connectivity index (χ4n) is 5.10. The molecule has 33 heavy (non-hydrogen) atoms. The van der Waals surface area contributed by atoms with Crippen LogP contribution in [-0.2, 0) is 19.4 Å². The van der Waals surface area contributed by atoms with E-state index in [9.17, 15) is 4.79 Å². The lowest BCUT2D eigenvalue weighted by atomic mass is 9.95. The molecule has 3 heterocycles. The van der Waals surface area contributed by atoms with Gasteiger partial charge in [0.1, 0.15) is 5.00 Å². The van der Waals surface area contributed by atoms with Crippen LogP contribution in [-0.4, -0.2) is 15.5 Å².